The third-order valence-electron chi connectivity index (χ3n) is 7.16. The summed E-state index contributed by atoms with van der Waals surface area (Å²) in [6, 6.07) is 8.37. The molecule has 195 valence electrons. The van der Waals surface area contributed by atoms with Gasteiger partial charge in [0.1, 0.15) is 5.82 Å². The van der Waals surface area contributed by atoms with Gasteiger partial charge in [-0.05, 0) is 69.3 Å². The maximum atomic E-state index is 12.2. The van der Waals surface area contributed by atoms with Gasteiger partial charge in [0.05, 0.1) is 6.10 Å². The predicted molar refractivity (Wildman–Crippen MR) is 130 cm³/mol. The van der Waals surface area contributed by atoms with Gasteiger partial charge >= 0.3 is 0 Å². The summed E-state index contributed by atoms with van der Waals surface area (Å²) >= 11 is 0. The summed E-state index contributed by atoms with van der Waals surface area (Å²) < 4.78 is 6.07. The Morgan fingerprint density at radius 2 is 1.97 bits per heavy atom. The zero-order valence-corrected chi connectivity index (χ0v) is 22.2. The van der Waals surface area contributed by atoms with E-state index in [0.717, 1.165) is 75.0 Å². The Balaban J connectivity index is 0.00000289. The number of carboxylic acid groups (broad SMARTS) is 1. The molecule has 0 amide bonds. The molecular weight excluding hydrogens is 690 g/mol. The van der Waals surface area contributed by atoms with Crippen LogP contribution in [0.1, 0.15) is 67.7 Å². The zero-order chi connectivity index (χ0) is 23.5. The van der Waals surface area contributed by atoms with Crippen molar-refractivity contribution in [1.82, 2.24) is 14.9 Å². The topological polar surface area (TPSA) is 87.6 Å². The SMILES string of the molecule is CN([C-](C(=O)O)c1cccnc1C1CC1)C1CC(OCCCCC2=CCc3cccnc3N2)C1.[Lr]. The summed E-state index contributed by atoms with van der Waals surface area (Å²) in [5.41, 5.74) is 4.19. The quantitative estimate of drug-likeness (QED) is 0.261. The summed E-state index contributed by atoms with van der Waals surface area (Å²) in [7, 11) is 1.89. The second kappa shape index (κ2) is 10.6. The van der Waals surface area contributed by atoms with E-state index in [1.807, 2.05) is 36.3 Å². The molecule has 2 N–H and O–H groups in total. The number of rotatable bonds is 11. The van der Waals surface area contributed by atoms with Gasteiger partial charge in [-0.3, -0.25) is 4.79 Å². The molecule has 0 aromatic carbocycles. The number of fused-ring (bicyclic) bond motifs is 1. The maximum Gasteiger partial charge on any atom is 0.290 e. The fourth-order valence-corrected chi connectivity index (χ4v) is 4.91. The van der Waals surface area contributed by atoms with Crippen LogP contribution in [-0.2, 0) is 16.0 Å². The summed E-state index contributed by atoms with van der Waals surface area (Å²) in [4.78, 5) is 23.0. The largest absolute Gasteiger partial charge is 0.486 e. The van der Waals surface area contributed by atoms with E-state index in [1.165, 1.54) is 11.3 Å². The first kappa shape index (κ1) is 24.2. The van der Waals surface area contributed by atoms with E-state index in [0.29, 0.717) is 12.0 Å². The number of hydrogen-bond acceptors (Lipinski definition) is 6. The van der Waals surface area contributed by atoms with Gasteiger partial charge in [-0.2, -0.15) is 6.07 Å². The Kier molecular flexibility index (Phi) is 7.32. The molecule has 0 bridgehead atoms. The van der Waals surface area contributed by atoms with E-state index < -0.39 is 5.97 Å². The van der Waals surface area contributed by atoms with Gasteiger partial charge < -0.3 is 25.0 Å². The molecule has 5 rings (SSSR count). The minimum Gasteiger partial charge on any atom is -0.486 e. The van der Waals surface area contributed by atoms with E-state index in [4.69, 9.17) is 4.74 Å². The van der Waals surface area contributed by atoms with Crippen molar-refractivity contribution in [3.05, 3.63) is 71.3 Å². The Morgan fingerprint density at radius 3 is 2.74 bits per heavy atom. The van der Waals surface area contributed by atoms with Gasteiger partial charge in [0.15, 0.2) is 0 Å². The van der Waals surface area contributed by atoms with Crippen LogP contribution in [0.2, 0.25) is 0 Å². The Hall–Kier alpha value is -3.90. The first-order valence-corrected chi connectivity index (χ1v) is 12.4. The molecule has 3 heterocycles. The van der Waals surface area contributed by atoms with Gasteiger partial charge in [-0.15, -0.1) is 11.6 Å². The summed E-state index contributed by atoms with van der Waals surface area (Å²) in [6.45, 7) is 0.743. The third-order valence-corrected chi connectivity index (χ3v) is 7.16. The minimum absolute atomic E-state index is 0. The smallest absolute Gasteiger partial charge is 0.290 e. The number of ether oxygens (including phenoxy) is 1. The second-order valence-corrected chi connectivity index (χ2v) is 9.62. The summed E-state index contributed by atoms with van der Waals surface area (Å²) in [5.74, 6) is 0.501. The van der Waals surface area contributed by atoms with Crippen LogP contribution in [0, 0.1) is 6.04 Å². The number of anilines is 1. The number of aromatic nitrogens is 2. The van der Waals surface area contributed by atoms with E-state index in [9.17, 15) is 9.90 Å². The average molecular weight is 724 g/mol. The first-order chi connectivity index (χ1) is 16.6. The number of unbranched alkanes of at least 4 members (excludes halogenated alkanes) is 1. The van der Waals surface area contributed by atoms with Crippen molar-refractivity contribution in [3.8, 4) is 0 Å². The van der Waals surface area contributed by atoms with Crippen molar-refractivity contribution in [3.63, 3.8) is 0 Å². The second-order valence-electron chi connectivity index (χ2n) is 9.62. The first-order valence-electron chi connectivity index (χ1n) is 12.4. The number of pyridine rings is 2. The number of allylic oxidation sites excluding steroid dienone is 2. The van der Waals surface area contributed by atoms with Gasteiger partial charge in [0, 0.05) is 30.6 Å². The van der Waals surface area contributed by atoms with E-state index >= 15 is 0 Å². The number of nitrogens with one attached hydrogen (secondary N) is 1. The number of carboxylic acids is 1. The predicted octanol–water partition coefficient (Wildman–Crippen LogP) is 4.52. The number of hydrogen-bond donors (Lipinski definition) is 2. The van der Waals surface area contributed by atoms with Crippen molar-refractivity contribution in [2.24, 2.45) is 0 Å². The van der Waals surface area contributed by atoms with Crippen LogP contribution >= 0.6 is 0 Å². The maximum absolute atomic E-state index is 12.2. The molecule has 0 saturated heterocycles. The van der Waals surface area contributed by atoms with Gasteiger partial charge in [-0.25, -0.2) is 4.98 Å². The van der Waals surface area contributed by atoms with E-state index in [2.05, 4.69) is 27.4 Å². The molecule has 1 aliphatic heterocycles. The van der Waals surface area contributed by atoms with Gasteiger partial charge in [0.25, 0.3) is 5.97 Å². The number of likely N-dealkylation sites (N-methyl/N-ethyl adjacent to an activating group) is 1. The third kappa shape index (κ3) is 5.44. The summed E-state index contributed by atoms with van der Waals surface area (Å²) in [5, 5.41) is 13.4. The normalized spacial score (nSPS) is 20.7. The molecule has 8 heteroatoms. The molecule has 2 aromatic heterocycles. The molecule has 3 aliphatic rings. The molecule has 0 spiro atoms. The minimum atomic E-state index is -0.884. The molecule has 2 aliphatic carbocycles. The fraction of sp³-hybridized carbons (Fsp3) is 0.481. The molecule has 7 nitrogen and oxygen atoms in total. The summed E-state index contributed by atoms with van der Waals surface area (Å²) in [6.07, 6.45) is 14.0. The fourth-order valence-electron chi connectivity index (χ4n) is 4.91. The van der Waals surface area contributed by atoms with Crippen molar-refractivity contribution < 1.29 is 14.6 Å². The van der Waals surface area contributed by atoms with Crippen molar-refractivity contribution >= 4 is 11.8 Å². The monoisotopic (exact) mass is 723 g/mol. The Labute approximate surface area is 201 Å². The van der Waals surface area contributed by atoms with Crippen LogP contribution in [0.3, 0.4) is 0 Å². The van der Waals surface area contributed by atoms with Crippen LogP contribution in [0.4, 0.5) is 5.82 Å². The molecular formula is C27H33LrN4O3-. The Bertz CT molecular complexity index is 1050. The molecule has 2 aromatic rings. The van der Waals surface area contributed by atoms with Crippen molar-refractivity contribution in [1.29, 1.82) is 0 Å². The van der Waals surface area contributed by atoms with Crippen LogP contribution in [0.5, 0.6) is 0 Å². The van der Waals surface area contributed by atoms with Gasteiger partial charge in [-0.1, -0.05) is 30.7 Å². The van der Waals surface area contributed by atoms with Crippen LogP contribution in [0.15, 0.2) is 48.4 Å². The van der Waals surface area contributed by atoms with Crippen LogP contribution in [-0.4, -0.2) is 51.7 Å². The van der Waals surface area contributed by atoms with Crippen molar-refractivity contribution in [2.45, 2.75) is 69.4 Å². The molecule has 2 saturated carbocycles. The zero-order valence-electron chi connectivity index (χ0n) is 20.0. The van der Waals surface area contributed by atoms with Crippen LogP contribution < -0.4 is 5.32 Å². The van der Waals surface area contributed by atoms with E-state index in [1.54, 1.807) is 6.20 Å². The van der Waals surface area contributed by atoms with E-state index in [-0.39, 0.29) is 12.1 Å². The molecule has 1 radical (unpaired) electrons. The van der Waals surface area contributed by atoms with Crippen molar-refractivity contribution in [2.75, 3.05) is 19.0 Å². The molecule has 2 fully saturated rings. The number of nitrogens with zero attached hydrogens (tertiary/aromatic N) is 3. The molecule has 35 heavy (non-hydrogen) atoms. The number of aliphatic carboxylic acids is 1. The Morgan fingerprint density at radius 1 is 1.20 bits per heavy atom. The molecule has 0 unspecified atom stereocenters. The standard InChI is InChI=1S/C27H33N4O3.Lr/c1-31(25(27(32)33)23-8-5-13-28-24(23)18-9-10-18)21-16-22(17-21)34-15-3-2-7-20-12-11-19-6-4-14-29-26(19)30-20;/h4-6,8,12-14,18,21-22H,2-3,7,9-11,15-17H2,1H3,(H,29,30)(H,32,33);/q-1;. The molecule has 0 atom stereocenters. The van der Waals surface area contributed by atoms with Gasteiger partial charge in [0.2, 0.25) is 0 Å². The average Bonchev–Trinajstić information content (AvgIpc) is 3.65. The number of carbonyl (C=O) groups is 1. The van der Waals surface area contributed by atoms with Crippen LogP contribution in [0.25, 0.3) is 0 Å².